The van der Waals surface area contributed by atoms with Crippen molar-refractivity contribution in [3.63, 3.8) is 0 Å². The van der Waals surface area contributed by atoms with E-state index in [-0.39, 0.29) is 11.8 Å². The zero-order valence-corrected chi connectivity index (χ0v) is 16.7. The van der Waals surface area contributed by atoms with Crippen LogP contribution in [0.5, 0.6) is 5.75 Å². The number of carbonyl (C=O) groups is 2. The first-order valence-corrected chi connectivity index (χ1v) is 9.92. The minimum Gasteiger partial charge on any atom is -0.488 e. The molecule has 1 heterocycles. The summed E-state index contributed by atoms with van der Waals surface area (Å²) in [6.45, 7) is 0.239. The van der Waals surface area contributed by atoms with Gasteiger partial charge in [0.1, 0.15) is 12.4 Å². The number of ether oxygens (including phenoxy) is 1. The van der Waals surface area contributed by atoms with Crippen LogP contribution < -0.4 is 10.1 Å². The molecule has 28 heavy (non-hydrogen) atoms. The topological polar surface area (TPSA) is 55.4 Å². The molecule has 7 heteroatoms. The molecular weight excluding hydrogens is 417 g/mol. The van der Waals surface area contributed by atoms with Crippen LogP contribution in [0.2, 0.25) is 10.0 Å². The molecule has 1 aliphatic heterocycles. The van der Waals surface area contributed by atoms with Crippen LogP contribution in [0, 0.1) is 0 Å². The van der Waals surface area contributed by atoms with Gasteiger partial charge in [0, 0.05) is 21.2 Å². The summed E-state index contributed by atoms with van der Waals surface area (Å²) in [7, 11) is 0. The van der Waals surface area contributed by atoms with Gasteiger partial charge in [-0.15, -0.1) is 0 Å². The van der Waals surface area contributed by atoms with Gasteiger partial charge >= 0.3 is 0 Å². The Labute approximate surface area is 175 Å². The molecule has 1 fully saturated rings. The smallest absolute Gasteiger partial charge is 0.290 e. The third kappa shape index (κ3) is 3.87. The number of hydrogen-bond acceptors (Lipinski definition) is 4. The maximum atomic E-state index is 12.0. The third-order valence-electron chi connectivity index (χ3n) is 4.25. The number of halogens is 2. The summed E-state index contributed by atoms with van der Waals surface area (Å²) in [5.74, 6) is 0.180. The average molecular weight is 430 g/mol. The van der Waals surface area contributed by atoms with Gasteiger partial charge < -0.3 is 4.74 Å². The Kier molecular flexibility index (Phi) is 5.31. The number of hydrogen-bond donors (Lipinski definition) is 1. The molecule has 0 bridgehead atoms. The highest BCUT2D eigenvalue weighted by Gasteiger charge is 2.25. The van der Waals surface area contributed by atoms with Gasteiger partial charge in [-0.05, 0) is 46.8 Å². The highest BCUT2D eigenvalue weighted by Crippen LogP contribution is 2.34. The first kappa shape index (κ1) is 18.9. The zero-order chi connectivity index (χ0) is 19.7. The second-order valence-electron chi connectivity index (χ2n) is 6.08. The van der Waals surface area contributed by atoms with Gasteiger partial charge in [0.15, 0.2) is 0 Å². The molecule has 0 aromatic heterocycles. The fourth-order valence-corrected chi connectivity index (χ4v) is 4.02. The van der Waals surface area contributed by atoms with Crippen molar-refractivity contribution in [3.05, 3.63) is 80.7 Å². The first-order chi connectivity index (χ1) is 13.5. The molecule has 1 saturated heterocycles. The number of carbonyl (C=O) groups excluding carboxylic acids is 2. The summed E-state index contributed by atoms with van der Waals surface area (Å²) < 4.78 is 6.03. The van der Waals surface area contributed by atoms with Crippen molar-refractivity contribution in [2.45, 2.75) is 6.61 Å². The average Bonchev–Trinajstić information content (AvgIpc) is 2.99. The summed E-state index contributed by atoms with van der Waals surface area (Å²) in [5, 5.41) is 4.88. The fraction of sp³-hybridized carbons (Fsp3) is 0.0476. The van der Waals surface area contributed by atoms with Crippen molar-refractivity contribution in [1.82, 2.24) is 5.32 Å². The van der Waals surface area contributed by atoms with Crippen molar-refractivity contribution in [3.8, 4) is 5.75 Å². The molecule has 0 aliphatic carbocycles. The van der Waals surface area contributed by atoms with Crippen molar-refractivity contribution in [2.75, 3.05) is 0 Å². The summed E-state index contributed by atoms with van der Waals surface area (Å²) in [6, 6.07) is 16.8. The summed E-state index contributed by atoms with van der Waals surface area (Å²) in [5.41, 5.74) is 1.52. The quantitative estimate of drug-likeness (QED) is 0.512. The van der Waals surface area contributed by atoms with Crippen molar-refractivity contribution >= 4 is 63.0 Å². The number of fused-ring (bicyclic) bond motifs is 1. The second kappa shape index (κ2) is 7.87. The number of nitrogens with one attached hydrogen (secondary N) is 1. The van der Waals surface area contributed by atoms with Crippen LogP contribution in [0.25, 0.3) is 16.8 Å². The maximum absolute atomic E-state index is 12.0. The van der Waals surface area contributed by atoms with Crippen molar-refractivity contribution < 1.29 is 14.3 Å². The van der Waals surface area contributed by atoms with E-state index in [0.29, 0.717) is 20.7 Å². The van der Waals surface area contributed by atoms with Crippen LogP contribution in [0.3, 0.4) is 0 Å². The molecule has 0 saturated carbocycles. The highest BCUT2D eigenvalue weighted by molar-refractivity contribution is 8.18. The van der Waals surface area contributed by atoms with Gasteiger partial charge in [0.05, 0.1) is 4.91 Å². The van der Waals surface area contributed by atoms with Crippen LogP contribution in [0.1, 0.15) is 11.1 Å². The highest BCUT2D eigenvalue weighted by atomic mass is 35.5. The lowest BCUT2D eigenvalue weighted by Crippen LogP contribution is -2.17. The lowest BCUT2D eigenvalue weighted by molar-refractivity contribution is -0.115. The molecule has 0 spiro atoms. The number of amides is 2. The Balaban J connectivity index is 1.74. The van der Waals surface area contributed by atoms with Crippen LogP contribution in [-0.4, -0.2) is 11.1 Å². The van der Waals surface area contributed by atoms with Gasteiger partial charge in [0.25, 0.3) is 11.1 Å². The van der Waals surface area contributed by atoms with Gasteiger partial charge in [-0.25, -0.2) is 0 Å². The fourth-order valence-electron chi connectivity index (χ4n) is 2.90. The van der Waals surface area contributed by atoms with E-state index in [1.165, 1.54) is 0 Å². The maximum Gasteiger partial charge on any atom is 0.290 e. The minimum absolute atomic E-state index is 0.239. The molecule has 0 radical (unpaired) electrons. The van der Waals surface area contributed by atoms with E-state index in [4.69, 9.17) is 27.9 Å². The molecule has 1 aliphatic rings. The molecule has 4 nitrogen and oxygen atoms in total. The Hall–Kier alpha value is -2.47. The molecule has 1 N–H and O–H groups in total. The predicted molar refractivity (Wildman–Crippen MR) is 114 cm³/mol. The third-order valence-corrected chi connectivity index (χ3v) is 5.64. The molecule has 0 unspecified atom stereocenters. The van der Waals surface area contributed by atoms with Gasteiger partial charge in [-0.3, -0.25) is 14.9 Å². The number of thioether (sulfide) groups is 1. The van der Waals surface area contributed by atoms with E-state index in [1.807, 2.05) is 42.5 Å². The van der Waals surface area contributed by atoms with E-state index in [9.17, 15) is 9.59 Å². The SMILES string of the molecule is O=C1NC(=O)C(=Cc2c(OCc3ccc(Cl)cc3Cl)ccc3ccccc23)S1. The normalized spacial score (nSPS) is 15.3. The monoisotopic (exact) mass is 429 g/mol. The van der Waals surface area contributed by atoms with Crippen LogP contribution in [0.4, 0.5) is 4.79 Å². The first-order valence-electron chi connectivity index (χ1n) is 8.34. The Morgan fingerprint density at radius 1 is 1.04 bits per heavy atom. The molecule has 3 aromatic carbocycles. The molecule has 3 aromatic rings. The predicted octanol–water partition coefficient (Wildman–Crippen LogP) is 6.05. The Bertz CT molecular complexity index is 1140. The molecule has 2 amide bonds. The molecule has 0 atom stereocenters. The zero-order valence-electron chi connectivity index (χ0n) is 14.4. The number of rotatable bonds is 4. The largest absolute Gasteiger partial charge is 0.488 e. The lowest BCUT2D eigenvalue weighted by Gasteiger charge is -2.13. The minimum atomic E-state index is -0.408. The molecule has 4 rings (SSSR count). The van der Waals surface area contributed by atoms with E-state index < -0.39 is 5.91 Å². The van der Waals surface area contributed by atoms with E-state index in [0.717, 1.165) is 33.7 Å². The second-order valence-corrected chi connectivity index (χ2v) is 7.93. The van der Waals surface area contributed by atoms with Gasteiger partial charge in [-0.2, -0.15) is 0 Å². The van der Waals surface area contributed by atoms with Crippen molar-refractivity contribution in [1.29, 1.82) is 0 Å². The van der Waals surface area contributed by atoms with E-state index in [1.54, 1.807) is 18.2 Å². The van der Waals surface area contributed by atoms with Crippen LogP contribution in [0.15, 0.2) is 59.5 Å². The summed E-state index contributed by atoms with van der Waals surface area (Å²) in [4.78, 5) is 23.8. The standard InChI is InChI=1S/C21H13Cl2NO3S/c22-14-7-5-13(17(23)9-14)11-27-18-8-6-12-3-1-2-4-15(12)16(18)10-19-20(25)24-21(26)28-19/h1-10H,11H2,(H,24,25,26). The lowest BCUT2D eigenvalue weighted by atomic mass is 10.0. The Morgan fingerprint density at radius 2 is 1.86 bits per heavy atom. The number of benzene rings is 3. The number of imide groups is 1. The van der Waals surface area contributed by atoms with Crippen LogP contribution >= 0.6 is 35.0 Å². The van der Waals surface area contributed by atoms with Crippen molar-refractivity contribution in [2.24, 2.45) is 0 Å². The Morgan fingerprint density at radius 3 is 2.61 bits per heavy atom. The van der Waals surface area contributed by atoms with Gasteiger partial charge in [0.2, 0.25) is 0 Å². The van der Waals surface area contributed by atoms with Gasteiger partial charge in [-0.1, -0.05) is 59.6 Å². The van der Waals surface area contributed by atoms with E-state index in [2.05, 4.69) is 5.32 Å². The molecular formula is C21H13Cl2NO3S. The summed E-state index contributed by atoms with van der Waals surface area (Å²) >= 11 is 13.1. The molecule has 140 valence electrons. The summed E-state index contributed by atoms with van der Waals surface area (Å²) in [6.07, 6.45) is 1.69. The van der Waals surface area contributed by atoms with E-state index >= 15 is 0 Å². The van der Waals surface area contributed by atoms with Crippen LogP contribution in [-0.2, 0) is 11.4 Å².